The summed E-state index contributed by atoms with van der Waals surface area (Å²) in [5.74, 6) is -3.36. The lowest BCUT2D eigenvalue weighted by atomic mass is 10.1. The Morgan fingerprint density at radius 2 is 1.81 bits per heavy atom. The van der Waals surface area contributed by atoms with Gasteiger partial charge in [-0.3, -0.25) is 0 Å². The average molecular weight is 233 g/mol. The maximum absolute atomic E-state index is 13.2. The topological polar surface area (TPSA) is 32.3 Å². The molecule has 0 heterocycles. The molecule has 0 bridgehead atoms. The predicted octanol–water partition coefficient (Wildman–Crippen LogP) is 2.14. The number of hydrogen-bond donors (Lipinski definition) is 2. The smallest absolute Gasteiger partial charge is 0.161 e. The Morgan fingerprint density at radius 1 is 1.19 bits per heavy atom. The molecule has 0 aliphatic carbocycles. The molecule has 0 saturated carbocycles. The molecule has 0 aliphatic heterocycles. The summed E-state index contributed by atoms with van der Waals surface area (Å²) in [5, 5.41) is 12.4. The summed E-state index contributed by atoms with van der Waals surface area (Å²) in [7, 11) is 0. The highest BCUT2D eigenvalue weighted by atomic mass is 19.2. The number of benzene rings is 1. The molecule has 0 aliphatic rings. The molecule has 0 fully saturated rings. The minimum absolute atomic E-state index is 0.107. The van der Waals surface area contributed by atoms with E-state index in [1.54, 1.807) is 0 Å². The SMILES string of the molecule is CCCNCC(O)c1cc(F)c(F)cc1F. The molecule has 5 heteroatoms. The lowest BCUT2D eigenvalue weighted by molar-refractivity contribution is 0.169. The molecular formula is C11H14F3NO. The molecule has 2 N–H and O–H groups in total. The Hall–Kier alpha value is -1.07. The second-order valence-corrected chi connectivity index (χ2v) is 3.51. The van der Waals surface area contributed by atoms with Crippen LogP contribution < -0.4 is 5.32 Å². The van der Waals surface area contributed by atoms with Crippen molar-refractivity contribution in [2.75, 3.05) is 13.1 Å². The summed E-state index contributed by atoms with van der Waals surface area (Å²) < 4.78 is 38.6. The normalized spacial score (nSPS) is 12.8. The zero-order valence-electron chi connectivity index (χ0n) is 8.93. The molecule has 2 nitrogen and oxygen atoms in total. The fraction of sp³-hybridized carbons (Fsp3) is 0.455. The van der Waals surface area contributed by atoms with Gasteiger partial charge in [0.2, 0.25) is 0 Å². The second-order valence-electron chi connectivity index (χ2n) is 3.51. The van der Waals surface area contributed by atoms with E-state index < -0.39 is 23.6 Å². The van der Waals surface area contributed by atoms with Crippen molar-refractivity contribution >= 4 is 0 Å². The van der Waals surface area contributed by atoms with Crippen LogP contribution in [-0.2, 0) is 0 Å². The Morgan fingerprint density at radius 3 is 2.44 bits per heavy atom. The lowest BCUT2D eigenvalue weighted by Crippen LogP contribution is -2.22. The van der Waals surface area contributed by atoms with E-state index >= 15 is 0 Å². The summed E-state index contributed by atoms with van der Waals surface area (Å²) in [5.41, 5.74) is -0.234. The first kappa shape index (κ1) is 13.0. The molecule has 0 spiro atoms. The number of nitrogens with one attached hydrogen (secondary N) is 1. The van der Waals surface area contributed by atoms with Crippen LogP contribution in [0.15, 0.2) is 12.1 Å². The molecule has 1 rings (SSSR count). The molecule has 0 amide bonds. The van der Waals surface area contributed by atoms with Crippen LogP contribution in [0.5, 0.6) is 0 Å². The number of aliphatic hydroxyl groups is 1. The molecule has 16 heavy (non-hydrogen) atoms. The summed E-state index contributed by atoms with van der Waals surface area (Å²) >= 11 is 0. The van der Waals surface area contributed by atoms with Gasteiger partial charge in [0.25, 0.3) is 0 Å². The van der Waals surface area contributed by atoms with Gasteiger partial charge in [-0.05, 0) is 19.0 Å². The van der Waals surface area contributed by atoms with Crippen molar-refractivity contribution in [2.24, 2.45) is 0 Å². The minimum Gasteiger partial charge on any atom is -0.387 e. The van der Waals surface area contributed by atoms with Gasteiger partial charge in [0.05, 0.1) is 6.10 Å². The maximum Gasteiger partial charge on any atom is 0.161 e. The van der Waals surface area contributed by atoms with Crippen LogP contribution in [0.2, 0.25) is 0 Å². The van der Waals surface area contributed by atoms with Crippen LogP contribution in [0.4, 0.5) is 13.2 Å². The van der Waals surface area contributed by atoms with E-state index in [0.29, 0.717) is 18.7 Å². The zero-order chi connectivity index (χ0) is 12.1. The monoisotopic (exact) mass is 233 g/mol. The Labute approximate surface area is 92.1 Å². The van der Waals surface area contributed by atoms with Crippen LogP contribution >= 0.6 is 0 Å². The molecule has 0 aromatic heterocycles. The van der Waals surface area contributed by atoms with Gasteiger partial charge in [0.1, 0.15) is 5.82 Å². The Bertz CT molecular complexity index is 357. The fourth-order valence-corrected chi connectivity index (χ4v) is 1.32. The largest absolute Gasteiger partial charge is 0.387 e. The van der Waals surface area contributed by atoms with Gasteiger partial charge >= 0.3 is 0 Å². The molecule has 0 saturated heterocycles. The molecule has 90 valence electrons. The van der Waals surface area contributed by atoms with E-state index in [0.717, 1.165) is 6.42 Å². The van der Waals surface area contributed by atoms with Crippen molar-refractivity contribution in [3.8, 4) is 0 Å². The fourth-order valence-electron chi connectivity index (χ4n) is 1.32. The van der Waals surface area contributed by atoms with E-state index in [2.05, 4.69) is 5.32 Å². The van der Waals surface area contributed by atoms with Crippen LogP contribution in [0.3, 0.4) is 0 Å². The van der Waals surface area contributed by atoms with E-state index in [4.69, 9.17) is 0 Å². The van der Waals surface area contributed by atoms with Crippen LogP contribution in [0, 0.1) is 17.5 Å². The van der Waals surface area contributed by atoms with Crippen LogP contribution in [0.1, 0.15) is 25.0 Å². The molecule has 1 atom stereocenters. The van der Waals surface area contributed by atoms with Gasteiger partial charge in [0, 0.05) is 18.2 Å². The summed E-state index contributed by atoms with van der Waals surface area (Å²) in [6.45, 7) is 2.72. The van der Waals surface area contributed by atoms with Gasteiger partial charge < -0.3 is 10.4 Å². The number of rotatable bonds is 5. The third-order valence-electron chi connectivity index (χ3n) is 2.16. The van der Waals surface area contributed by atoms with Crippen molar-refractivity contribution in [1.82, 2.24) is 5.32 Å². The molecule has 1 unspecified atom stereocenters. The highest BCUT2D eigenvalue weighted by Crippen LogP contribution is 2.19. The van der Waals surface area contributed by atoms with Crippen molar-refractivity contribution < 1.29 is 18.3 Å². The van der Waals surface area contributed by atoms with Crippen molar-refractivity contribution in [1.29, 1.82) is 0 Å². The number of halogens is 3. The van der Waals surface area contributed by atoms with E-state index in [1.807, 2.05) is 6.92 Å². The van der Waals surface area contributed by atoms with Gasteiger partial charge in [-0.1, -0.05) is 6.92 Å². The third-order valence-corrected chi connectivity index (χ3v) is 2.16. The summed E-state index contributed by atoms with van der Waals surface area (Å²) in [6, 6.07) is 1.12. The van der Waals surface area contributed by atoms with Gasteiger partial charge in [-0.25, -0.2) is 13.2 Å². The molecule has 1 aromatic rings. The number of aliphatic hydroxyl groups excluding tert-OH is 1. The molecule has 0 radical (unpaired) electrons. The molecular weight excluding hydrogens is 219 g/mol. The predicted molar refractivity (Wildman–Crippen MR) is 54.4 cm³/mol. The highest BCUT2D eigenvalue weighted by molar-refractivity contribution is 5.22. The van der Waals surface area contributed by atoms with Crippen LogP contribution in [0.25, 0.3) is 0 Å². The molecule has 1 aromatic carbocycles. The summed E-state index contributed by atoms with van der Waals surface area (Å²) in [4.78, 5) is 0. The third kappa shape index (κ3) is 3.21. The van der Waals surface area contributed by atoms with Crippen molar-refractivity contribution in [2.45, 2.75) is 19.4 Å². The first-order valence-corrected chi connectivity index (χ1v) is 5.09. The summed E-state index contributed by atoms with van der Waals surface area (Å²) in [6.07, 6.45) is -0.311. The minimum atomic E-state index is -1.25. The van der Waals surface area contributed by atoms with Gasteiger partial charge in [-0.15, -0.1) is 0 Å². The van der Waals surface area contributed by atoms with Crippen molar-refractivity contribution in [3.05, 3.63) is 35.1 Å². The first-order chi connectivity index (χ1) is 7.56. The van der Waals surface area contributed by atoms with Gasteiger partial charge in [-0.2, -0.15) is 0 Å². The van der Waals surface area contributed by atoms with Crippen molar-refractivity contribution in [3.63, 3.8) is 0 Å². The zero-order valence-corrected chi connectivity index (χ0v) is 8.93. The first-order valence-electron chi connectivity index (χ1n) is 5.09. The second kappa shape index (κ2) is 5.86. The standard InChI is InChI=1S/C11H14F3NO/c1-2-3-15-6-11(16)7-4-9(13)10(14)5-8(7)12/h4-5,11,15-16H,2-3,6H2,1H3. The maximum atomic E-state index is 13.2. The van der Waals surface area contributed by atoms with E-state index in [9.17, 15) is 18.3 Å². The lowest BCUT2D eigenvalue weighted by Gasteiger charge is -2.13. The highest BCUT2D eigenvalue weighted by Gasteiger charge is 2.16. The average Bonchev–Trinajstić information content (AvgIpc) is 2.23. The van der Waals surface area contributed by atoms with E-state index in [1.165, 1.54) is 0 Å². The Balaban J connectivity index is 2.75. The van der Waals surface area contributed by atoms with Gasteiger partial charge in [0.15, 0.2) is 11.6 Å². The quantitative estimate of drug-likeness (QED) is 0.603. The Kier molecular flexibility index (Phi) is 4.76. The van der Waals surface area contributed by atoms with E-state index in [-0.39, 0.29) is 12.1 Å². The van der Waals surface area contributed by atoms with Crippen LogP contribution in [-0.4, -0.2) is 18.2 Å². The number of hydrogen-bond acceptors (Lipinski definition) is 2.